The lowest BCUT2D eigenvalue weighted by Gasteiger charge is -2.33. The van der Waals surface area contributed by atoms with Crippen LogP contribution in [0.15, 0.2) is 48.5 Å². The van der Waals surface area contributed by atoms with Crippen molar-refractivity contribution in [2.45, 2.75) is 77.5 Å². The molecule has 0 spiro atoms. The average Bonchev–Trinajstić information content (AvgIpc) is 3.02. The van der Waals surface area contributed by atoms with Crippen LogP contribution in [0.5, 0.6) is 0 Å². The molecular weight excluding hydrogens is 456 g/mol. The molecule has 2 aromatic rings. The number of benzene rings is 2. The van der Waals surface area contributed by atoms with Gasteiger partial charge in [0, 0.05) is 11.1 Å². The van der Waals surface area contributed by atoms with Gasteiger partial charge in [0.15, 0.2) is 11.1 Å². The SMILES string of the molecule is CC1(C)N(O)C(c2ccc(C#Cc3cccc(C4=[N+]([O-])C(C)(C)C(C)(C)N4O)c3)cc2)=[N+]([O-])C1(C)C. The molecule has 0 amide bonds. The van der Waals surface area contributed by atoms with Gasteiger partial charge in [-0.1, -0.05) is 17.9 Å². The maximum atomic E-state index is 13.0. The maximum Gasteiger partial charge on any atom is 0.313 e. The van der Waals surface area contributed by atoms with Crippen molar-refractivity contribution in [1.82, 2.24) is 10.1 Å². The van der Waals surface area contributed by atoms with Crippen LogP contribution in [0.2, 0.25) is 0 Å². The molecule has 36 heavy (non-hydrogen) atoms. The Morgan fingerprint density at radius 3 is 1.53 bits per heavy atom. The van der Waals surface area contributed by atoms with Gasteiger partial charge in [0.1, 0.15) is 11.1 Å². The van der Waals surface area contributed by atoms with E-state index in [9.17, 15) is 20.8 Å². The van der Waals surface area contributed by atoms with E-state index in [1.807, 2.05) is 33.8 Å². The first kappa shape index (κ1) is 25.5. The van der Waals surface area contributed by atoms with Crippen LogP contribution in [0.25, 0.3) is 0 Å². The molecule has 2 heterocycles. The van der Waals surface area contributed by atoms with Gasteiger partial charge in [-0.3, -0.25) is 9.48 Å². The lowest BCUT2D eigenvalue weighted by molar-refractivity contribution is -0.539. The third-order valence-electron chi connectivity index (χ3n) is 8.47. The number of amidine groups is 2. The molecule has 0 bridgehead atoms. The second-order valence-corrected chi connectivity index (χ2v) is 11.5. The van der Waals surface area contributed by atoms with Crippen LogP contribution >= 0.6 is 0 Å². The van der Waals surface area contributed by atoms with Gasteiger partial charge in [0.05, 0.1) is 11.1 Å². The molecule has 8 heteroatoms. The molecule has 8 nitrogen and oxygen atoms in total. The fourth-order valence-corrected chi connectivity index (χ4v) is 4.31. The van der Waals surface area contributed by atoms with Crippen molar-refractivity contribution in [3.05, 3.63) is 81.2 Å². The monoisotopic (exact) mass is 490 g/mol. The predicted octanol–water partition coefficient (Wildman–Crippen LogP) is 4.12. The van der Waals surface area contributed by atoms with E-state index in [4.69, 9.17) is 0 Å². The summed E-state index contributed by atoms with van der Waals surface area (Å²) in [6.45, 7) is 14.5. The molecule has 2 aliphatic rings. The number of nitrogens with zero attached hydrogens (tertiary/aromatic N) is 4. The molecule has 2 aliphatic heterocycles. The third kappa shape index (κ3) is 3.46. The Bertz CT molecular complexity index is 1340. The molecular formula is C28H34N4O4. The van der Waals surface area contributed by atoms with E-state index in [2.05, 4.69) is 11.8 Å². The van der Waals surface area contributed by atoms with Gasteiger partial charge >= 0.3 is 11.7 Å². The Kier molecular flexibility index (Phi) is 5.67. The minimum absolute atomic E-state index is 0.188. The number of rotatable bonds is 2. The summed E-state index contributed by atoms with van der Waals surface area (Å²) < 4.78 is 1.71. The summed E-state index contributed by atoms with van der Waals surface area (Å²) in [5.74, 6) is 6.60. The second kappa shape index (κ2) is 7.99. The summed E-state index contributed by atoms with van der Waals surface area (Å²) in [4.78, 5) is 0. The minimum atomic E-state index is -0.827. The van der Waals surface area contributed by atoms with Crippen molar-refractivity contribution in [3.8, 4) is 11.8 Å². The highest BCUT2D eigenvalue weighted by atomic mass is 16.5. The Balaban J connectivity index is 1.62. The van der Waals surface area contributed by atoms with Gasteiger partial charge < -0.3 is 10.4 Å². The van der Waals surface area contributed by atoms with E-state index in [1.54, 1.807) is 70.2 Å². The Morgan fingerprint density at radius 2 is 1.08 bits per heavy atom. The highest BCUT2D eigenvalue weighted by Gasteiger charge is 2.59. The van der Waals surface area contributed by atoms with Gasteiger partial charge in [-0.05, 0) is 97.9 Å². The van der Waals surface area contributed by atoms with E-state index in [0.717, 1.165) is 25.2 Å². The first-order valence-electron chi connectivity index (χ1n) is 11.9. The molecule has 190 valence electrons. The molecule has 0 radical (unpaired) electrons. The van der Waals surface area contributed by atoms with Crippen LogP contribution in [-0.4, -0.2) is 63.8 Å². The topological polar surface area (TPSA) is 99.1 Å². The summed E-state index contributed by atoms with van der Waals surface area (Å²) >= 11 is 0. The molecule has 0 saturated heterocycles. The largest absolute Gasteiger partial charge is 0.714 e. The van der Waals surface area contributed by atoms with Crippen LogP contribution in [0.3, 0.4) is 0 Å². The van der Waals surface area contributed by atoms with E-state index in [-0.39, 0.29) is 11.7 Å². The summed E-state index contributed by atoms with van der Waals surface area (Å²) in [6.07, 6.45) is 0. The standard InChI is InChI=1S/C28H34N4O4/c1-25(2)26(3,4)30(34)23(29(25)33)21-16-14-19(15-17-21)12-13-20-10-9-11-22(18-20)24-31(35)27(5,6)28(7,8)32(24)36/h9-11,14-18,33,35H,1-8H3. The van der Waals surface area contributed by atoms with Crippen LogP contribution in [0.4, 0.5) is 0 Å². The van der Waals surface area contributed by atoms with E-state index in [0.29, 0.717) is 16.7 Å². The van der Waals surface area contributed by atoms with Crippen LogP contribution in [0, 0.1) is 22.3 Å². The molecule has 0 unspecified atom stereocenters. The zero-order valence-electron chi connectivity index (χ0n) is 22.1. The van der Waals surface area contributed by atoms with Crippen molar-refractivity contribution in [2.75, 3.05) is 0 Å². The average molecular weight is 491 g/mol. The molecule has 0 aromatic heterocycles. The zero-order chi connectivity index (χ0) is 26.8. The van der Waals surface area contributed by atoms with Crippen LogP contribution < -0.4 is 0 Å². The van der Waals surface area contributed by atoms with Crippen molar-refractivity contribution in [1.29, 1.82) is 0 Å². The Hall–Kier alpha value is -3.54. The third-order valence-corrected chi connectivity index (χ3v) is 8.47. The van der Waals surface area contributed by atoms with Crippen molar-refractivity contribution in [2.24, 2.45) is 0 Å². The van der Waals surface area contributed by atoms with Crippen LogP contribution in [-0.2, 0) is 0 Å². The normalized spacial score (nSPS) is 21.6. The van der Waals surface area contributed by atoms with E-state index >= 15 is 0 Å². The van der Waals surface area contributed by atoms with E-state index in [1.165, 1.54) is 0 Å². The van der Waals surface area contributed by atoms with Gasteiger partial charge in [-0.2, -0.15) is 0 Å². The first-order chi connectivity index (χ1) is 16.5. The summed E-state index contributed by atoms with van der Waals surface area (Å²) in [5, 5.41) is 49.5. The predicted molar refractivity (Wildman–Crippen MR) is 138 cm³/mol. The summed E-state index contributed by atoms with van der Waals surface area (Å²) in [5.41, 5.74) is -0.589. The maximum absolute atomic E-state index is 13.0. The highest BCUT2D eigenvalue weighted by Crippen LogP contribution is 2.38. The van der Waals surface area contributed by atoms with Crippen LogP contribution in [0.1, 0.15) is 77.6 Å². The number of hydrogen-bond acceptors (Lipinski definition) is 6. The summed E-state index contributed by atoms with van der Waals surface area (Å²) in [7, 11) is 0. The number of hydroxylamine groups is 6. The quantitative estimate of drug-likeness (QED) is 0.373. The van der Waals surface area contributed by atoms with Crippen molar-refractivity contribution >= 4 is 11.7 Å². The fraction of sp³-hybridized carbons (Fsp3) is 0.429. The zero-order valence-corrected chi connectivity index (χ0v) is 22.1. The molecule has 2 N–H and O–H groups in total. The number of hydrogen-bond donors (Lipinski definition) is 2. The van der Waals surface area contributed by atoms with Crippen molar-refractivity contribution < 1.29 is 19.9 Å². The molecule has 2 aromatic carbocycles. The molecule has 0 aliphatic carbocycles. The van der Waals surface area contributed by atoms with Gasteiger partial charge in [-0.25, -0.2) is 10.4 Å². The Labute approximate surface area is 212 Å². The second-order valence-electron chi connectivity index (χ2n) is 11.5. The fourth-order valence-electron chi connectivity index (χ4n) is 4.31. The summed E-state index contributed by atoms with van der Waals surface area (Å²) in [6, 6.07) is 14.3. The smallest absolute Gasteiger partial charge is 0.313 e. The van der Waals surface area contributed by atoms with E-state index < -0.39 is 22.2 Å². The minimum Gasteiger partial charge on any atom is -0.714 e. The lowest BCUT2D eigenvalue weighted by Crippen LogP contribution is -2.53. The van der Waals surface area contributed by atoms with Gasteiger partial charge in [0.25, 0.3) is 0 Å². The van der Waals surface area contributed by atoms with Gasteiger partial charge in [0.2, 0.25) is 0 Å². The molecule has 0 saturated carbocycles. The Morgan fingerprint density at radius 1 is 0.639 bits per heavy atom. The first-order valence-corrected chi connectivity index (χ1v) is 11.9. The highest BCUT2D eigenvalue weighted by molar-refractivity contribution is 5.97. The lowest BCUT2D eigenvalue weighted by atomic mass is 9.84. The van der Waals surface area contributed by atoms with Gasteiger partial charge in [-0.15, -0.1) is 10.1 Å². The van der Waals surface area contributed by atoms with Crippen molar-refractivity contribution in [3.63, 3.8) is 0 Å². The molecule has 0 fully saturated rings. The molecule has 4 rings (SSSR count). The molecule has 0 atom stereocenters.